The van der Waals surface area contributed by atoms with Crippen LogP contribution < -0.4 is 5.76 Å². The Morgan fingerprint density at radius 1 is 1.22 bits per heavy atom. The molecule has 0 bridgehead atoms. The molecule has 1 atom stereocenters. The molecule has 10 heteroatoms. The van der Waals surface area contributed by atoms with Crippen LogP contribution in [-0.2, 0) is 21.2 Å². The second-order valence-corrected chi connectivity index (χ2v) is 9.16. The lowest BCUT2D eigenvalue weighted by Crippen LogP contribution is -2.45. The molecule has 1 amide bonds. The standard InChI is InChI=1S/C17H18FN3O5S/c18-12-3-1-11(2-4-12)16-19-20(17(23)26-16)9-15(22)21(13-5-6-13)14-7-8-27(24,25)10-14/h1-4,13-14H,5-10H2/t14-/m0/s1. The summed E-state index contributed by atoms with van der Waals surface area (Å²) in [6, 6.07) is 4.95. The van der Waals surface area contributed by atoms with E-state index in [-0.39, 0.29) is 41.9 Å². The number of sulfone groups is 1. The summed E-state index contributed by atoms with van der Waals surface area (Å²) in [5.74, 6) is -1.54. The highest BCUT2D eigenvalue weighted by Crippen LogP contribution is 2.32. The minimum absolute atomic E-state index is 0.00536. The molecule has 27 heavy (non-hydrogen) atoms. The van der Waals surface area contributed by atoms with Crippen LogP contribution in [-0.4, -0.2) is 52.6 Å². The minimum atomic E-state index is -3.12. The lowest BCUT2D eigenvalue weighted by atomic mass is 10.2. The number of carbonyl (C=O) groups is 1. The Morgan fingerprint density at radius 3 is 2.52 bits per heavy atom. The third-order valence-electron chi connectivity index (χ3n) is 4.81. The van der Waals surface area contributed by atoms with Gasteiger partial charge in [-0.2, -0.15) is 4.68 Å². The number of hydrogen-bond donors (Lipinski definition) is 0. The Hall–Kier alpha value is -2.49. The Kier molecular flexibility index (Phi) is 4.37. The predicted octanol–water partition coefficient (Wildman–Crippen LogP) is 0.821. The summed E-state index contributed by atoms with van der Waals surface area (Å²) in [5.41, 5.74) is 0.417. The Bertz CT molecular complexity index is 1020. The van der Waals surface area contributed by atoms with Crippen molar-refractivity contribution in [3.8, 4) is 11.5 Å². The van der Waals surface area contributed by atoms with Gasteiger partial charge in [0.25, 0.3) is 0 Å². The highest BCUT2D eigenvalue weighted by molar-refractivity contribution is 7.91. The fourth-order valence-corrected chi connectivity index (χ4v) is 5.09. The van der Waals surface area contributed by atoms with Crippen LogP contribution in [0.4, 0.5) is 4.39 Å². The highest BCUT2D eigenvalue weighted by Gasteiger charge is 2.42. The molecule has 2 aliphatic rings. The Labute approximate surface area is 154 Å². The van der Waals surface area contributed by atoms with Crippen LogP contribution in [0.5, 0.6) is 0 Å². The van der Waals surface area contributed by atoms with E-state index < -0.39 is 21.4 Å². The van der Waals surface area contributed by atoms with E-state index >= 15 is 0 Å². The lowest BCUT2D eigenvalue weighted by molar-refractivity contribution is -0.134. The molecule has 1 saturated carbocycles. The summed E-state index contributed by atoms with van der Waals surface area (Å²) in [4.78, 5) is 26.4. The molecule has 0 radical (unpaired) electrons. The van der Waals surface area contributed by atoms with Crippen molar-refractivity contribution in [2.45, 2.75) is 37.9 Å². The summed E-state index contributed by atoms with van der Waals surface area (Å²) in [6.07, 6.45) is 2.08. The molecule has 2 heterocycles. The third kappa shape index (κ3) is 3.80. The summed E-state index contributed by atoms with van der Waals surface area (Å²) in [7, 11) is -3.12. The summed E-state index contributed by atoms with van der Waals surface area (Å²) >= 11 is 0. The first-order valence-corrected chi connectivity index (χ1v) is 10.5. The monoisotopic (exact) mass is 395 g/mol. The molecule has 1 saturated heterocycles. The zero-order chi connectivity index (χ0) is 19.2. The molecule has 0 N–H and O–H groups in total. The molecular weight excluding hydrogens is 377 g/mol. The van der Waals surface area contributed by atoms with Gasteiger partial charge in [-0.15, -0.1) is 5.10 Å². The molecule has 4 rings (SSSR count). The fourth-order valence-electron chi connectivity index (χ4n) is 3.38. The zero-order valence-corrected chi connectivity index (χ0v) is 15.2. The number of hydrogen-bond acceptors (Lipinski definition) is 6. The number of rotatable bonds is 5. The Morgan fingerprint density at radius 2 is 1.93 bits per heavy atom. The predicted molar refractivity (Wildman–Crippen MR) is 93.1 cm³/mol. The fraction of sp³-hybridized carbons (Fsp3) is 0.471. The maximum Gasteiger partial charge on any atom is 0.437 e. The highest BCUT2D eigenvalue weighted by atomic mass is 32.2. The normalized spacial score (nSPS) is 21.3. The van der Waals surface area contributed by atoms with Crippen LogP contribution in [0.25, 0.3) is 11.5 Å². The van der Waals surface area contributed by atoms with E-state index in [9.17, 15) is 22.4 Å². The third-order valence-corrected chi connectivity index (χ3v) is 6.56. The van der Waals surface area contributed by atoms with Gasteiger partial charge in [-0.05, 0) is 43.5 Å². The van der Waals surface area contributed by atoms with Crippen molar-refractivity contribution < 1.29 is 22.0 Å². The number of benzene rings is 1. The van der Waals surface area contributed by atoms with Gasteiger partial charge in [0, 0.05) is 17.6 Å². The maximum absolute atomic E-state index is 13.0. The first-order valence-electron chi connectivity index (χ1n) is 8.68. The molecule has 2 fully saturated rings. The molecule has 1 aromatic heterocycles. The molecule has 144 valence electrons. The first-order chi connectivity index (χ1) is 12.8. The van der Waals surface area contributed by atoms with E-state index in [1.807, 2.05) is 0 Å². The molecule has 8 nitrogen and oxygen atoms in total. The number of nitrogens with zero attached hydrogens (tertiary/aromatic N) is 3. The second-order valence-electron chi connectivity index (χ2n) is 6.93. The van der Waals surface area contributed by atoms with Crippen LogP contribution >= 0.6 is 0 Å². The quantitative estimate of drug-likeness (QED) is 0.743. The topological polar surface area (TPSA) is 102 Å². The van der Waals surface area contributed by atoms with Crippen LogP contribution in [0, 0.1) is 5.82 Å². The van der Waals surface area contributed by atoms with Gasteiger partial charge in [-0.25, -0.2) is 17.6 Å². The van der Waals surface area contributed by atoms with E-state index in [1.165, 1.54) is 24.3 Å². The molecular formula is C17H18FN3O5S. The van der Waals surface area contributed by atoms with Gasteiger partial charge in [-0.3, -0.25) is 4.79 Å². The van der Waals surface area contributed by atoms with Crippen LogP contribution in [0.15, 0.2) is 33.5 Å². The van der Waals surface area contributed by atoms with Crippen molar-refractivity contribution in [3.05, 3.63) is 40.6 Å². The number of amides is 1. The van der Waals surface area contributed by atoms with E-state index in [4.69, 9.17) is 4.42 Å². The van der Waals surface area contributed by atoms with E-state index in [0.29, 0.717) is 12.0 Å². The van der Waals surface area contributed by atoms with E-state index in [0.717, 1.165) is 17.5 Å². The first kappa shape index (κ1) is 17.9. The summed E-state index contributed by atoms with van der Waals surface area (Å²) in [6.45, 7) is -0.323. The van der Waals surface area contributed by atoms with Crippen LogP contribution in [0.2, 0.25) is 0 Å². The van der Waals surface area contributed by atoms with Crippen molar-refractivity contribution >= 4 is 15.7 Å². The lowest BCUT2D eigenvalue weighted by Gasteiger charge is -2.28. The number of halogens is 1. The van der Waals surface area contributed by atoms with Gasteiger partial charge in [-0.1, -0.05) is 0 Å². The maximum atomic E-state index is 13.0. The summed E-state index contributed by atoms with van der Waals surface area (Å²) in [5, 5.41) is 4.02. The van der Waals surface area contributed by atoms with E-state index in [2.05, 4.69) is 5.10 Å². The van der Waals surface area contributed by atoms with Crippen molar-refractivity contribution in [2.24, 2.45) is 0 Å². The molecule has 1 aromatic carbocycles. The summed E-state index contributed by atoms with van der Waals surface area (Å²) < 4.78 is 42.5. The van der Waals surface area contributed by atoms with Crippen LogP contribution in [0.1, 0.15) is 19.3 Å². The molecule has 0 unspecified atom stereocenters. The average Bonchev–Trinajstić information content (AvgIpc) is 3.28. The van der Waals surface area contributed by atoms with Crippen molar-refractivity contribution in [3.63, 3.8) is 0 Å². The number of aromatic nitrogens is 2. The molecule has 1 aliphatic carbocycles. The van der Waals surface area contributed by atoms with Gasteiger partial charge >= 0.3 is 5.76 Å². The SMILES string of the molecule is O=C(Cn1nc(-c2ccc(F)cc2)oc1=O)N(C1CC1)[C@H]1CCS(=O)(=O)C1. The van der Waals surface area contributed by atoms with Crippen molar-refractivity contribution in [1.29, 1.82) is 0 Å². The van der Waals surface area contributed by atoms with Gasteiger partial charge in [0.15, 0.2) is 9.84 Å². The Balaban J connectivity index is 1.53. The smallest absolute Gasteiger partial charge is 0.388 e. The van der Waals surface area contributed by atoms with Gasteiger partial charge in [0.2, 0.25) is 11.8 Å². The van der Waals surface area contributed by atoms with Crippen molar-refractivity contribution in [2.75, 3.05) is 11.5 Å². The zero-order valence-electron chi connectivity index (χ0n) is 14.4. The van der Waals surface area contributed by atoms with Gasteiger partial charge < -0.3 is 9.32 Å². The molecule has 1 aliphatic heterocycles. The van der Waals surface area contributed by atoms with E-state index in [1.54, 1.807) is 4.90 Å². The van der Waals surface area contributed by atoms with Crippen molar-refractivity contribution in [1.82, 2.24) is 14.7 Å². The minimum Gasteiger partial charge on any atom is -0.388 e. The molecule has 0 spiro atoms. The number of carbonyl (C=O) groups excluding carboxylic acids is 1. The van der Waals surface area contributed by atoms with Crippen LogP contribution in [0.3, 0.4) is 0 Å². The average molecular weight is 395 g/mol. The second kappa shape index (κ2) is 6.59. The largest absolute Gasteiger partial charge is 0.437 e. The van der Waals surface area contributed by atoms with Gasteiger partial charge in [0.05, 0.1) is 11.5 Å². The van der Waals surface area contributed by atoms with Gasteiger partial charge in [0.1, 0.15) is 12.4 Å². The molecule has 2 aromatic rings.